The van der Waals surface area contributed by atoms with Gasteiger partial charge in [-0.25, -0.2) is 0 Å². The molecule has 3 nitrogen and oxygen atoms in total. The molecule has 1 aromatic carbocycles. The van der Waals surface area contributed by atoms with Gasteiger partial charge in [-0.15, -0.1) is 0 Å². The molecule has 0 aromatic heterocycles. The summed E-state index contributed by atoms with van der Waals surface area (Å²) in [5.74, 6) is 0.232. The van der Waals surface area contributed by atoms with Crippen LogP contribution in [0.5, 0.6) is 0 Å². The van der Waals surface area contributed by atoms with Crippen LogP contribution < -0.4 is 5.73 Å². The topological polar surface area (TPSA) is 46.3 Å². The Kier molecular flexibility index (Phi) is 4.99. The molecule has 1 fully saturated rings. The molecule has 0 radical (unpaired) electrons. The zero-order valence-electron chi connectivity index (χ0n) is 11.4. The van der Waals surface area contributed by atoms with Crippen LogP contribution in [-0.2, 0) is 11.2 Å². The molecule has 4 heteroatoms. The van der Waals surface area contributed by atoms with E-state index < -0.39 is 0 Å². The van der Waals surface area contributed by atoms with E-state index in [4.69, 9.17) is 5.73 Å². The van der Waals surface area contributed by atoms with Crippen molar-refractivity contribution in [3.8, 4) is 0 Å². The first-order chi connectivity index (χ1) is 9.06. The molecule has 2 N–H and O–H groups in total. The lowest BCUT2D eigenvalue weighted by Crippen LogP contribution is -2.45. The van der Waals surface area contributed by atoms with Crippen LogP contribution in [0.1, 0.15) is 30.4 Å². The van der Waals surface area contributed by atoms with Gasteiger partial charge in [0.25, 0.3) is 0 Å². The molecule has 1 heterocycles. The third kappa shape index (κ3) is 4.05. The van der Waals surface area contributed by atoms with Crippen molar-refractivity contribution in [2.45, 2.75) is 38.6 Å². The Morgan fingerprint density at radius 1 is 1.53 bits per heavy atom. The van der Waals surface area contributed by atoms with Gasteiger partial charge in [-0.1, -0.05) is 28.1 Å². The maximum absolute atomic E-state index is 12.1. The summed E-state index contributed by atoms with van der Waals surface area (Å²) in [6, 6.07) is 6.42. The normalized spacial score (nSPS) is 19.5. The van der Waals surface area contributed by atoms with Gasteiger partial charge in [0.05, 0.1) is 0 Å². The molecule has 2 rings (SSSR count). The summed E-state index contributed by atoms with van der Waals surface area (Å²) in [6.07, 6.45) is 3.45. The van der Waals surface area contributed by atoms with Gasteiger partial charge < -0.3 is 10.6 Å². The first-order valence-electron chi connectivity index (χ1n) is 6.84. The van der Waals surface area contributed by atoms with E-state index in [9.17, 15) is 4.79 Å². The SMILES string of the molecule is Cc1cc(CCC(=O)N2CCC[C@H](N)C2)ccc1Br. The number of hydrogen-bond acceptors (Lipinski definition) is 2. The Labute approximate surface area is 123 Å². The van der Waals surface area contributed by atoms with E-state index in [-0.39, 0.29) is 11.9 Å². The van der Waals surface area contributed by atoms with Crippen molar-refractivity contribution in [2.75, 3.05) is 13.1 Å². The van der Waals surface area contributed by atoms with Gasteiger partial charge in [-0.3, -0.25) is 4.79 Å². The zero-order chi connectivity index (χ0) is 13.8. The van der Waals surface area contributed by atoms with E-state index in [1.165, 1.54) is 11.1 Å². The van der Waals surface area contributed by atoms with Crippen molar-refractivity contribution in [3.63, 3.8) is 0 Å². The Morgan fingerprint density at radius 3 is 3.00 bits per heavy atom. The van der Waals surface area contributed by atoms with E-state index >= 15 is 0 Å². The summed E-state index contributed by atoms with van der Waals surface area (Å²) in [6.45, 7) is 3.66. The van der Waals surface area contributed by atoms with Gasteiger partial charge >= 0.3 is 0 Å². The second-order valence-electron chi connectivity index (χ2n) is 5.33. The molecule has 0 bridgehead atoms. The summed E-state index contributed by atoms with van der Waals surface area (Å²) < 4.78 is 1.12. The van der Waals surface area contributed by atoms with Gasteiger partial charge in [-0.05, 0) is 43.4 Å². The van der Waals surface area contributed by atoms with Crippen molar-refractivity contribution in [1.29, 1.82) is 0 Å². The number of amides is 1. The molecule has 0 aliphatic carbocycles. The Hall–Kier alpha value is -0.870. The summed E-state index contributed by atoms with van der Waals surface area (Å²) in [4.78, 5) is 14.0. The van der Waals surface area contributed by atoms with E-state index in [0.29, 0.717) is 6.42 Å². The third-order valence-corrected chi connectivity index (χ3v) is 4.55. The number of hydrogen-bond donors (Lipinski definition) is 1. The fourth-order valence-corrected chi connectivity index (χ4v) is 2.75. The molecule has 0 unspecified atom stereocenters. The second-order valence-corrected chi connectivity index (χ2v) is 6.18. The van der Waals surface area contributed by atoms with E-state index in [2.05, 4.69) is 35.0 Å². The lowest BCUT2D eigenvalue weighted by molar-refractivity contribution is -0.132. The van der Waals surface area contributed by atoms with Crippen molar-refractivity contribution in [1.82, 2.24) is 4.90 Å². The number of likely N-dealkylation sites (tertiary alicyclic amines) is 1. The average molecular weight is 325 g/mol. The highest BCUT2D eigenvalue weighted by Crippen LogP contribution is 2.18. The molecule has 1 amide bonds. The van der Waals surface area contributed by atoms with Crippen LogP contribution in [0.25, 0.3) is 0 Å². The number of nitrogens with two attached hydrogens (primary N) is 1. The fraction of sp³-hybridized carbons (Fsp3) is 0.533. The number of nitrogens with zero attached hydrogens (tertiary/aromatic N) is 1. The predicted molar refractivity (Wildman–Crippen MR) is 81.0 cm³/mol. The number of piperidine rings is 1. The van der Waals surface area contributed by atoms with Crippen molar-refractivity contribution < 1.29 is 4.79 Å². The van der Waals surface area contributed by atoms with Crippen LogP contribution >= 0.6 is 15.9 Å². The lowest BCUT2D eigenvalue weighted by atomic mass is 10.0. The van der Waals surface area contributed by atoms with E-state index in [1.807, 2.05) is 11.0 Å². The fourth-order valence-electron chi connectivity index (χ4n) is 2.51. The average Bonchev–Trinajstić information content (AvgIpc) is 2.40. The van der Waals surface area contributed by atoms with Gasteiger partial charge in [-0.2, -0.15) is 0 Å². The molecular formula is C15H21BrN2O. The lowest BCUT2D eigenvalue weighted by Gasteiger charge is -2.30. The van der Waals surface area contributed by atoms with E-state index in [0.717, 1.165) is 36.8 Å². The number of carbonyl (C=O) groups is 1. The molecule has 1 aromatic rings. The van der Waals surface area contributed by atoms with E-state index in [1.54, 1.807) is 0 Å². The summed E-state index contributed by atoms with van der Waals surface area (Å²) in [5.41, 5.74) is 8.34. The first kappa shape index (κ1) is 14.5. The number of rotatable bonds is 3. The number of benzene rings is 1. The Bertz CT molecular complexity index is 461. The van der Waals surface area contributed by atoms with Crippen molar-refractivity contribution in [2.24, 2.45) is 5.73 Å². The van der Waals surface area contributed by atoms with Crippen LogP contribution in [-0.4, -0.2) is 29.9 Å². The van der Waals surface area contributed by atoms with Crippen LogP contribution in [0.3, 0.4) is 0 Å². The standard InChI is InChI=1S/C15H21BrN2O/c1-11-9-12(4-6-14(11)16)5-7-15(19)18-8-2-3-13(17)10-18/h4,6,9,13H,2-3,5,7-8,10,17H2,1H3/t13-/m0/s1. The predicted octanol–water partition coefficient (Wildman–Crippen LogP) is 2.64. The molecule has 1 saturated heterocycles. The molecule has 104 valence electrons. The molecule has 1 aliphatic heterocycles. The largest absolute Gasteiger partial charge is 0.341 e. The number of carbonyl (C=O) groups excluding carboxylic acids is 1. The van der Waals surface area contributed by atoms with Crippen LogP contribution in [0, 0.1) is 6.92 Å². The second kappa shape index (κ2) is 6.53. The minimum atomic E-state index is 0.160. The maximum atomic E-state index is 12.1. The molecule has 0 saturated carbocycles. The summed E-state index contributed by atoms with van der Waals surface area (Å²) >= 11 is 3.49. The molecule has 0 spiro atoms. The zero-order valence-corrected chi connectivity index (χ0v) is 12.9. The monoisotopic (exact) mass is 324 g/mol. The molecule has 1 atom stereocenters. The number of halogens is 1. The van der Waals surface area contributed by atoms with Gasteiger partial charge in [0.2, 0.25) is 5.91 Å². The minimum Gasteiger partial charge on any atom is -0.341 e. The van der Waals surface area contributed by atoms with Gasteiger partial charge in [0.15, 0.2) is 0 Å². The van der Waals surface area contributed by atoms with Gasteiger partial charge in [0, 0.05) is 30.0 Å². The highest BCUT2D eigenvalue weighted by atomic mass is 79.9. The highest BCUT2D eigenvalue weighted by Gasteiger charge is 2.20. The minimum absolute atomic E-state index is 0.160. The van der Waals surface area contributed by atoms with Crippen LogP contribution in [0.2, 0.25) is 0 Å². The van der Waals surface area contributed by atoms with Crippen molar-refractivity contribution in [3.05, 3.63) is 33.8 Å². The molecular weight excluding hydrogens is 304 g/mol. The highest BCUT2D eigenvalue weighted by molar-refractivity contribution is 9.10. The Morgan fingerprint density at radius 2 is 2.32 bits per heavy atom. The quantitative estimate of drug-likeness (QED) is 0.929. The van der Waals surface area contributed by atoms with Gasteiger partial charge in [0.1, 0.15) is 0 Å². The summed E-state index contributed by atoms with van der Waals surface area (Å²) in [5, 5.41) is 0. The summed E-state index contributed by atoms with van der Waals surface area (Å²) in [7, 11) is 0. The van der Waals surface area contributed by atoms with Crippen molar-refractivity contribution >= 4 is 21.8 Å². The smallest absolute Gasteiger partial charge is 0.222 e. The molecule has 1 aliphatic rings. The number of aryl methyl sites for hydroxylation is 2. The maximum Gasteiger partial charge on any atom is 0.222 e. The third-order valence-electron chi connectivity index (χ3n) is 3.66. The van der Waals surface area contributed by atoms with Crippen LogP contribution in [0.15, 0.2) is 22.7 Å². The Balaban J connectivity index is 1.87. The van der Waals surface area contributed by atoms with Crippen LogP contribution in [0.4, 0.5) is 0 Å². The first-order valence-corrected chi connectivity index (χ1v) is 7.64. The molecule has 19 heavy (non-hydrogen) atoms.